The fraction of sp³-hybridized carbons (Fsp3) is 0.179. The molecule has 3 aromatic rings. The predicted octanol–water partition coefficient (Wildman–Crippen LogP) is 9.59. The maximum Gasteiger partial charge on any atom is 0.343 e. The molecule has 216 valence electrons. The van der Waals surface area contributed by atoms with Crippen molar-refractivity contribution in [3.8, 4) is 11.5 Å². The minimum atomic E-state index is -0.505. The first-order chi connectivity index (χ1) is 20.6. The van der Waals surface area contributed by atoms with Gasteiger partial charge in [0.2, 0.25) is 0 Å². The monoisotopic (exact) mass is 568 g/mol. The number of carbonyl (C=O) groups is 2. The van der Waals surface area contributed by atoms with Gasteiger partial charge in [-0.25, -0.2) is 9.59 Å². The normalized spacial score (nSPS) is 19.2. The van der Waals surface area contributed by atoms with Crippen LogP contribution in [0.25, 0.3) is 11.1 Å². The quantitative estimate of drug-likeness (QED) is 0.219. The zero-order valence-corrected chi connectivity index (χ0v) is 25.3. The van der Waals surface area contributed by atoms with E-state index < -0.39 is 11.9 Å². The van der Waals surface area contributed by atoms with E-state index >= 15 is 0 Å². The summed E-state index contributed by atoms with van der Waals surface area (Å²) in [5, 5.41) is 0. The van der Waals surface area contributed by atoms with E-state index in [0.29, 0.717) is 34.5 Å². The summed E-state index contributed by atoms with van der Waals surface area (Å²) < 4.78 is 11.1. The Balaban J connectivity index is 1.19. The number of esters is 2. The Labute approximate surface area is 254 Å². The van der Waals surface area contributed by atoms with Crippen LogP contribution in [0, 0.1) is 11.8 Å². The number of ether oxygens (including phenoxy) is 2. The van der Waals surface area contributed by atoms with Crippen molar-refractivity contribution in [2.45, 2.75) is 34.6 Å². The molecule has 0 radical (unpaired) electrons. The molecule has 0 fully saturated rings. The van der Waals surface area contributed by atoms with Crippen LogP contribution in [0.4, 0.5) is 0 Å². The third kappa shape index (κ3) is 6.60. The van der Waals surface area contributed by atoms with Gasteiger partial charge in [-0.1, -0.05) is 86.2 Å². The van der Waals surface area contributed by atoms with Crippen LogP contribution in [0.15, 0.2) is 132 Å². The van der Waals surface area contributed by atoms with Crippen LogP contribution >= 0.6 is 0 Å². The van der Waals surface area contributed by atoms with E-state index in [9.17, 15) is 9.59 Å². The molecule has 5 rings (SSSR count). The molecule has 0 saturated carbocycles. The van der Waals surface area contributed by atoms with Crippen LogP contribution < -0.4 is 9.47 Å². The summed E-state index contributed by atoms with van der Waals surface area (Å²) >= 11 is 0. The van der Waals surface area contributed by atoms with Crippen LogP contribution in [0.5, 0.6) is 11.5 Å². The van der Waals surface area contributed by atoms with Gasteiger partial charge in [-0.05, 0) is 103 Å². The molecular formula is C39H36O4. The highest BCUT2D eigenvalue weighted by atomic mass is 16.5. The molecule has 43 heavy (non-hydrogen) atoms. The average molecular weight is 569 g/mol. The molecule has 4 nitrogen and oxygen atoms in total. The maximum absolute atomic E-state index is 12.8. The first kappa shape index (κ1) is 29.5. The Kier molecular flexibility index (Phi) is 8.58. The highest BCUT2D eigenvalue weighted by Crippen LogP contribution is 2.34. The van der Waals surface area contributed by atoms with Gasteiger partial charge in [0.05, 0.1) is 11.1 Å². The van der Waals surface area contributed by atoms with Crippen molar-refractivity contribution in [3.63, 3.8) is 0 Å². The third-order valence-electron chi connectivity index (χ3n) is 8.34. The molecule has 2 atom stereocenters. The van der Waals surface area contributed by atoms with E-state index in [4.69, 9.17) is 9.47 Å². The van der Waals surface area contributed by atoms with E-state index in [1.807, 2.05) is 24.3 Å². The number of allylic oxidation sites excluding steroid dienone is 11. The van der Waals surface area contributed by atoms with Crippen molar-refractivity contribution in [3.05, 3.63) is 154 Å². The van der Waals surface area contributed by atoms with Gasteiger partial charge in [-0.15, -0.1) is 0 Å². The lowest BCUT2D eigenvalue weighted by atomic mass is 9.84. The molecular weight excluding hydrogens is 532 g/mol. The minimum absolute atomic E-state index is 0.336. The lowest BCUT2D eigenvalue weighted by molar-refractivity contribution is 0.0720. The number of carbonyl (C=O) groups excluding carboxylic acids is 2. The topological polar surface area (TPSA) is 52.6 Å². The first-order valence-electron chi connectivity index (χ1n) is 14.5. The molecule has 3 aromatic carbocycles. The van der Waals surface area contributed by atoms with Crippen LogP contribution in [-0.4, -0.2) is 11.9 Å². The second kappa shape index (κ2) is 12.5. The fourth-order valence-electron chi connectivity index (χ4n) is 5.18. The van der Waals surface area contributed by atoms with Gasteiger partial charge in [0.1, 0.15) is 11.5 Å². The van der Waals surface area contributed by atoms with E-state index in [0.717, 1.165) is 27.8 Å². The van der Waals surface area contributed by atoms with E-state index in [2.05, 4.69) is 71.6 Å². The Morgan fingerprint density at radius 3 is 1.47 bits per heavy atom. The van der Waals surface area contributed by atoms with Crippen molar-refractivity contribution in [1.82, 2.24) is 0 Å². The number of rotatable bonds is 6. The lowest BCUT2D eigenvalue weighted by Crippen LogP contribution is -2.11. The van der Waals surface area contributed by atoms with Crippen LogP contribution in [0.3, 0.4) is 0 Å². The van der Waals surface area contributed by atoms with Crippen molar-refractivity contribution < 1.29 is 19.1 Å². The summed E-state index contributed by atoms with van der Waals surface area (Å²) in [6.07, 6.45) is 10.8. The molecule has 0 aliphatic heterocycles. The van der Waals surface area contributed by atoms with Crippen molar-refractivity contribution in [1.29, 1.82) is 0 Å². The van der Waals surface area contributed by atoms with Crippen molar-refractivity contribution in [2.75, 3.05) is 0 Å². The fourth-order valence-corrected chi connectivity index (χ4v) is 5.18. The van der Waals surface area contributed by atoms with Crippen LogP contribution in [0.1, 0.15) is 66.5 Å². The van der Waals surface area contributed by atoms with Crippen LogP contribution in [-0.2, 0) is 0 Å². The highest BCUT2D eigenvalue weighted by Gasteiger charge is 2.17. The summed E-state index contributed by atoms with van der Waals surface area (Å²) in [4.78, 5) is 25.5. The van der Waals surface area contributed by atoms with Gasteiger partial charge in [-0.3, -0.25) is 0 Å². The number of hydrogen-bond donors (Lipinski definition) is 0. The molecule has 2 aliphatic rings. The van der Waals surface area contributed by atoms with Gasteiger partial charge in [0.15, 0.2) is 0 Å². The second-order valence-corrected chi connectivity index (χ2v) is 11.2. The average Bonchev–Trinajstić information content (AvgIpc) is 3.01. The van der Waals surface area contributed by atoms with Gasteiger partial charge < -0.3 is 9.47 Å². The molecule has 2 aliphatic carbocycles. The van der Waals surface area contributed by atoms with E-state index in [1.54, 1.807) is 48.5 Å². The lowest BCUT2D eigenvalue weighted by Gasteiger charge is -2.21. The Morgan fingerprint density at radius 2 is 1.05 bits per heavy atom. The summed E-state index contributed by atoms with van der Waals surface area (Å²) in [7, 11) is 0. The number of hydrogen-bond acceptors (Lipinski definition) is 4. The molecule has 0 spiro atoms. The summed E-state index contributed by atoms with van der Waals surface area (Å²) in [5.74, 6) is 0.633. The predicted molar refractivity (Wildman–Crippen MR) is 174 cm³/mol. The zero-order chi connectivity index (χ0) is 30.7. The Morgan fingerprint density at radius 1 is 0.628 bits per heavy atom. The molecule has 0 heterocycles. The molecule has 0 N–H and O–H groups in total. The Hall–Kier alpha value is -4.96. The smallest absolute Gasteiger partial charge is 0.343 e. The molecule has 0 amide bonds. The van der Waals surface area contributed by atoms with Gasteiger partial charge in [0.25, 0.3) is 0 Å². The minimum Gasteiger partial charge on any atom is -0.423 e. The molecule has 4 heteroatoms. The highest BCUT2D eigenvalue weighted by molar-refractivity contribution is 5.95. The maximum atomic E-state index is 12.8. The molecule has 0 aromatic heterocycles. The van der Waals surface area contributed by atoms with Crippen molar-refractivity contribution in [2.24, 2.45) is 11.8 Å². The molecule has 0 bridgehead atoms. The zero-order valence-electron chi connectivity index (χ0n) is 25.3. The first-order valence-corrected chi connectivity index (χ1v) is 14.5. The van der Waals surface area contributed by atoms with Crippen molar-refractivity contribution >= 4 is 23.1 Å². The van der Waals surface area contributed by atoms with Gasteiger partial charge in [-0.2, -0.15) is 0 Å². The third-order valence-corrected chi connectivity index (χ3v) is 8.34. The standard InChI is InChI=1S/C39H36O4/c1-7-29-23-35(22-26(4)28(29)6)31-14-18-37(19-15-31)43-39(41)33-10-8-32(9-11-33)38(40)42-36-16-12-30(13-17-36)34-20-24(2)27(5)25(3)21-34/h7-23,27-28H,2H2,1,3-6H3/b29-7-. The largest absolute Gasteiger partial charge is 0.423 e. The molecule has 0 saturated heterocycles. The van der Waals surface area contributed by atoms with E-state index in [1.165, 1.54) is 16.7 Å². The Bertz CT molecular complexity index is 1720. The molecule has 2 unspecified atom stereocenters. The van der Waals surface area contributed by atoms with E-state index in [-0.39, 0.29) is 0 Å². The summed E-state index contributed by atoms with van der Waals surface area (Å²) in [6.45, 7) is 14.8. The summed E-state index contributed by atoms with van der Waals surface area (Å²) in [6, 6.07) is 21.1. The summed E-state index contributed by atoms with van der Waals surface area (Å²) in [5.41, 5.74) is 9.93. The van der Waals surface area contributed by atoms with Crippen LogP contribution in [0.2, 0.25) is 0 Å². The van der Waals surface area contributed by atoms with Gasteiger partial charge >= 0.3 is 11.9 Å². The van der Waals surface area contributed by atoms with Gasteiger partial charge in [0, 0.05) is 11.8 Å². The number of benzene rings is 3. The SMILES string of the molecule is C=C1C=C(c2ccc(OC(=O)c3ccc(C(=O)Oc4ccc(C5=C/C(=C/C)C(C)C(C)=C5)cc4)cc3)cc2)C=C(C)C1C. The second-order valence-electron chi connectivity index (χ2n) is 11.2.